The number of nitrogens with one attached hydrogen (secondary N) is 1. The number of benzene rings is 1. The molecule has 120 valence electrons. The van der Waals surface area contributed by atoms with Gasteiger partial charge in [0.1, 0.15) is 10.6 Å². The van der Waals surface area contributed by atoms with Gasteiger partial charge in [0.25, 0.3) is 0 Å². The van der Waals surface area contributed by atoms with E-state index in [9.17, 15) is 8.42 Å². The lowest BCUT2D eigenvalue weighted by Crippen LogP contribution is -2.34. The number of anilines is 1. The Hall–Kier alpha value is -1.31. The first-order valence-electron chi connectivity index (χ1n) is 6.76. The molecule has 0 aromatic heterocycles. The number of hydrogen-bond acceptors (Lipinski definition) is 5. The number of nitrogens with two attached hydrogens (primary N) is 1. The van der Waals surface area contributed by atoms with Crippen molar-refractivity contribution < 1.29 is 18.3 Å². The van der Waals surface area contributed by atoms with Crippen molar-refractivity contribution in [2.45, 2.75) is 31.6 Å². The maximum atomic E-state index is 12.4. The predicted molar refractivity (Wildman–Crippen MR) is 82.7 cm³/mol. The molecule has 0 bridgehead atoms. The third-order valence-electron chi connectivity index (χ3n) is 3.23. The van der Waals surface area contributed by atoms with Gasteiger partial charge in [0.05, 0.1) is 7.11 Å². The number of aliphatic hydroxyl groups is 1. The average Bonchev–Trinajstić information content (AvgIpc) is 2.43. The standard InChI is InChI=1S/C14H24N2O4S/c1-14(2,7-4-8-17)10-16-21(18,19)13-6-5-11(15)9-12(13)20-3/h5-6,9,16-17H,4,7-8,10,15H2,1-3H3. The summed E-state index contributed by atoms with van der Waals surface area (Å²) in [6.07, 6.45) is 1.37. The van der Waals surface area contributed by atoms with Gasteiger partial charge in [0.2, 0.25) is 10.0 Å². The van der Waals surface area contributed by atoms with Gasteiger partial charge in [-0.15, -0.1) is 0 Å². The zero-order valence-corrected chi connectivity index (χ0v) is 13.5. The summed E-state index contributed by atoms with van der Waals surface area (Å²) in [6, 6.07) is 4.43. The summed E-state index contributed by atoms with van der Waals surface area (Å²) in [6.45, 7) is 4.28. The summed E-state index contributed by atoms with van der Waals surface area (Å²) in [7, 11) is -2.27. The van der Waals surface area contributed by atoms with Gasteiger partial charge < -0.3 is 15.6 Å². The number of nitrogen functional groups attached to an aromatic ring is 1. The van der Waals surface area contributed by atoms with E-state index in [-0.39, 0.29) is 29.2 Å². The van der Waals surface area contributed by atoms with Crippen LogP contribution in [0.25, 0.3) is 0 Å². The highest BCUT2D eigenvalue weighted by atomic mass is 32.2. The zero-order chi connectivity index (χ0) is 16.1. The Morgan fingerprint density at radius 2 is 2.05 bits per heavy atom. The summed E-state index contributed by atoms with van der Waals surface area (Å²) >= 11 is 0. The quantitative estimate of drug-likeness (QED) is 0.628. The molecule has 6 nitrogen and oxygen atoms in total. The molecular formula is C14H24N2O4S. The summed E-state index contributed by atoms with van der Waals surface area (Å²) < 4.78 is 32.4. The maximum Gasteiger partial charge on any atom is 0.244 e. The normalized spacial score (nSPS) is 12.4. The Labute approximate surface area is 126 Å². The molecule has 0 fully saturated rings. The molecule has 0 aliphatic rings. The Morgan fingerprint density at radius 1 is 1.38 bits per heavy atom. The van der Waals surface area contributed by atoms with Crippen molar-refractivity contribution in [1.29, 1.82) is 0 Å². The van der Waals surface area contributed by atoms with Crippen LogP contribution in [-0.4, -0.2) is 33.8 Å². The molecule has 7 heteroatoms. The lowest BCUT2D eigenvalue weighted by atomic mass is 9.88. The van der Waals surface area contributed by atoms with Crippen LogP contribution >= 0.6 is 0 Å². The minimum atomic E-state index is -3.67. The molecule has 0 spiro atoms. The largest absolute Gasteiger partial charge is 0.495 e. The molecule has 1 aromatic carbocycles. The van der Waals surface area contributed by atoms with Crippen LogP contribution in [0.3, 0.4) is 0 Å². The van der Waals surface area contributed by atoms with Gasteiger partial charge >= 0.3 is 0 Å². The molecule has 1 rings (SSSR count). The van der Waals surface area contributed by atoms with Crippen molar-refractivity contribution >= 4 is 15.7 Å². The second-order valence-corrected chi connectivity index (χ2v) is 7.46. The van der Waals surface area contributed by atoms with Crippen LogP contribution in [0.15, 0.2) is 23.1 Å². The molecule has 0 saturated carbocycles. The van der Waals surface area contributed by atoms with Gasteiger partial charge in [0, 0.05) is 24.9 Å². The van der Waals surface area contributed by atoms with Gasteiger partial charge in [-0.25, -0.2) is 13.1 Å². The third kappa shape index (κ3) is 5.18. The molecule has 1 aromatic rings. The third-order valence-corrected chi connectivity index (χ3v) is 4.67. The molecular weight excluding hydrogens is 292 g/mol. The van der Waals surface area contributed by atoms with Crippen molar-refractivity contribution in [1.82, 2.24) is 4.72 Å². The van der Waals surface area contributed by atoms with Crippen LogP contribution in [0.1, 0.15) is 26.7 Å². The molecule has 0 radical (unpaired) electrons. The fraction of sp³-hybridized carbons (Fsp3) is 0.571. The van der Waals surface area contributed by atoms with Gasteiger partial charge in [-0.3, -0.25) is 0 Å². The average molecular weight is 316 g/mol. The number of methoxy groups -OCH3 is 1. The fourth-order valence-corrected chi connectivity index (χ4v) is 3.31. The van der Waals surface area contributed by atoms with E-state index in [1.54, 1.807) is 0 Å². The number of ether oxygens (including phenoxy) is 1. The van der Waals surface area contributed by atoms with E-state index in [0.717, 1.165) is 6.42 Å². The van der Waals surface area contributed by atoms with E-state index in [1.165, 1.54) is 25.3 Å². The monoisotopic (exact) mass is 316 g/mol. The number of rotatable bonds is 8. The SMILES string of the molecule is COc1cc(N)ccc1S(=O)(=O)NCC(C)(C)CCCO. The molecule has 0 heterocycles. The van der Waals surface area contributed by atoms with Crippen molar-refractivity contribution in [3.63, 3.8) is 0 Å². The minimum absolute atomic E-state index is 0.0668. The lowest BCUT2D eigenvalue weighted by molar-refractivity contribution is 0.242. The molecule has 0 saturated heterocycles. The van der Waals surface area contributed by atoms with E-state index >= 15 is 0 Å². The Balaban J connectivity index is 2.87. The highest BCUT2D eigenvalue weighted by molar-refractivity contribution is 7.89. The van der Waals surface area contributed by atoms with E-state index in [2.05, 4.69) is 4.72 Å². The minimum Gasteiger partial charge on any atom is -0.495 e. The van der Waals surface area contributed by atoms with Crippen LogP contribution < -0.4 is 15.2 Å². The Morgan fingerprint density at radius 3 is 2.62 bits per heavy atom. The highest BCUT2D eigenvalue weighted by Crippen LogP contribution is 2.27. The van der Waals surface area contributed by atoms with E-state index in [1.807, 2.05) is 13.8 Å². The Bertz CT molecular complexity index is 570. The fourth-order valence-electron chi connectivity index (χ4n) is 1.92. The second kappa shape index (κ2) is 7.11. The van der Waals surface area contributed by atoms with Crippen molar-refractivity contribution in [2.75, 3.05) is 26.0 Å². The number of sulfonamides is 1. The maximum absolute atomic E-state index is 12.4. The second-order valence-electron chi connectivity index (χ2n) is 5.73. The first kappa shape index (κ1) is 17.7. The van der Waals surface area contributed by atoms with Gasteiger partial charge in [0.15, 0.2) is 0 Å². The summed E-state index contributed by atoms with van der Waals surface area (Å²) in [5, 5.41) is 8.86. The predicted octanol–water partition coefficient (Wildman–Crippen LogP) is 1.35. The van der Waals surface area contributed by atoms with Crippen molar-refractivity contribution in [3.8, 4) is 5.75 Å². The summed E-state index contributed by atoms with van der Waals surface area (Å²) in [5.74, 6) is 0.218. The zero-order valence-electron chi connectivity index (χ0n) is 12.7. The highest BCUT2D eigenvalue weighted by Gasteiger charge is 2.24. The van der Waals surface area contributed by atoms with E-state index < -0.39 is 10.0 Å². The van der Waals surface area contributed by atoms with Crippen LogP contribution in [0.5, 0.6) is 5.75 Å². The molecule has 0 aliphatic carbocycles. The van der Waals surface area contributed by atoms with Gasteiger partial charge in [-0.05, 0) is 30.4 Å². The smallest absolute Gasteiger partial charge is 0.244 e. The number of aliphatic hydroxyl groups excluding tert-OH is 1. The van der Waals surface area contributed by atoms with Gasteiger partial charge in [-0.1, -0.05) is 13.8 Å². The topological polar surface area (TPSA) is 102 Å². The van der Waals surface area contributed by atoms with Crippen molar-refractivity contribution in [2.24, 2.45) is 5.41 Å². The van der Waals surface area contributed by atoms with Crippen LogP contribution in [0.2, 0.25) is 0 Å². The molecule has 0 aliphatic heterocycles. The first-order chi connectivity index (χ1) is 9.72. The van der Waals surface area contributed by atoms with E-state index in [4.69, 9.17) is 15.6 Å². The van der Waals surface area contributed by atoms with Crippen LogP contribution in [0, 0.1) is 5.41 Å². The molecule has 0 unspecified atom stereocenters. The summed E-state index contributed by atoms with van der Waals surface area (Å²) in [5.41, 5.74) is 5.83. The Kier molecular flexibility index (Phi) is 6.00. The molecule has 4 N–H and O–H groups in total. The van der Waals surface area contributed by atoms with Crippen molar-refractivity contribution in [3.05, 3.63) is 18.2 Å². The summed E-state index contributed by atoms with van der Waals surface area (Å²) in [4.78, 5) is 0.0668. The van der Waals surface area contributed by atoms with Gasteiger partial charge in [-0.2, -0.15) is 0 Å². The molecule has 21 heavy (non-hydrogen) atoms. The first-order valence-corrected chi connectivity index (χ1v) is 8.24. The van der Waals surface area contributed by atoms with Crippen LogP contribution in [0.4, 0.5) is 5.69 Å². The number of hydrogen-bond donors (Lipinski definition) is 3. The van der Waals surface area contributed by atoms with Crippen LogP contribution in [-0.2, 0) is 10.0 Å². The molecule has 0 atom stereocenters. The molecule has 0 amide bonds. The van der Waals surface area contributed by atoms with E-state index in [0.29, 0.717) is 12.1 Å². The lowest BCUT2D eigenvalue weighted by Gasteiger charge is -2.24.